The molecule has 3 aliphatic carbocycles. The highest BCUT2D eigenvalue weighted by Gasteiger charge is 2.67. The van der Waals surface area contributed by atoms with E-state index in [1.807, 2.05) is 35.2 Å². The third kappa shape index (κ3) is 4.46. The van der Waals surface area contributed by atoms with Crippen molar-refractivity contribution in [2.45, 2.75) is 82.6 Å². The van der Waals surface area contributed by atoms with Gasteiger partial charge in [0.2, 0.25) is 0 Å². The van der Waals surface area contributed by atoms with Gasteiger partial charge in [0, 0.05) is 54.4 Å². The third-order valence-electron chi connectivity index (χ3n) is 10.4. The minimum atomic E-state index is -0.243. The number of nitrogens with zero attached hydrogens (tertiary/aromatic N) is 2. The molecule has 3 fully saturated rings. The van der Waals surface area contributed by atoms with Crippen molar-refractivity contribution in [3.05, 3.63) is 59.2 Å². The Hall–Kier alpha value is -3.50. The molecular formula is C35H40N2O5. The normalized spacial score (nSPS) is 31.8. The molecule has 1 N–H and O–H groups in total. The zero-order valence-electron chi connectivity index (χ0n) is 24.7. The lowest BCUT2D eigenvalue weighted by Crippen LogP contribution is -2.69. The number of rotatable bonds is 6. The van der Waals surface area contributed by atoms with E-state index in [1.165, 1.54) is 18.1 Å². The highest BCUT2D eigenvalue weighted by Crippen LogP contribution is 2.64. The van der Waals surface area contributed by atoms with Crippen LogP contribution in [0.3, 0.4) is 0 Å². The number of phenolic OH excluding ortho intramolecular Hbond substituents is 1. The molecule has 2 aliphatic heterocycles. The molecule has 2 aromatic rings. The van der Waals surface area contributed by atoms with Gasteiger partial charge in [0.15, 0.2) is 11.5 Å². The Morgan fingerprint density at radius 1 is 1.19 bits per heavy atom. The van der Waals surface area contributed by atoms with E-state index in [9.17, 15) is 14.7 Å². The minimum absolute atomic E-state index is 0.0451. The largest absolute Gasteiger partial charge is 0.504 e. The molecule has 220 valence electrons. The predicted octanol–water partition coefficient (Wildman–Crippen LogP) is 4.29. The second kappa shape index (κ2) is 10.3. The number of esters is 1. The molecule has 0 aromatic heterocycles. The molecule has 1 saturated heterocycles. The van der Waals surface area contributed by atoms with E-state index < -0.39 is 0 Å². The zero-order chi connectivity index (χ0) is 29.2. The van der Waals surface area contributed by atoms with Crippen LogP contribution in [0.4, 0.5) is 0 Å². The number of likely N-dealkylation sites (tertiary alicyclic amines) is 1. The molecule has 2 saturated carbocycles. The van der Waals surface area contributed by atoms with Gasteiger partial charge < -0.3 is 19.5 Å². The SMILES string of the molecule is CC(=O)OC1CC1CN1CC[C@]23c4c5ccc(O)c4O[C@H]2[C@@H](N(CC(C)C)C(=O)C#Cc2ccccc2)CC[C@H]3[C@H]1C5. The fourth-order valence-corrected chi connectivity index (χ4v) is 8.70. The van der Waals surface area contributed by atoms with E-state index in [0.717, 1.165) is 50.8 Å². The van der Waals surface area contributed by atoms with Gasteiger partial charge in [0.1, 0.15) is 12.2 Å². The number of hydrogen-bond acceptors (Lipinski definition) is 6. The Labute approximate surface area is 248 Å². The van der Waals surface area contributed by atoms with Crippen molar-refractivity contribution in [3.8, 4) is 23.3 Å². The molecule has 42 heavy (non-hydrogen) atoms. The first-order valence-corrected chi connectivity index (χ1v) is 15.6. The number of phenols is 1. The summed E-state index contributed by atoms with van der Waals surface area (Å²) in [6.45, 7) is 8.25. The molecule has 2 unspecified atom stereocenters. The van der Waals surface area contributed by atoms with Gasteiger partial charge in [-0.15, -0.1) is 0 Å². The van der Waals surface area contributed by atoms with Crippen molar-refractivity contribution in [1.29, 1.82) is 0 Å². The quantitative estimate of drug-likeness (QED) is 0.414. The molecule has 1 spiro atoms. The maximum Gasteiger partial charge on any atom is 0.302 e. The molecule has 5 aliphatic rings. The topological polar surface area (TPSA) is 79.3 Å². The van der Waals surface area contributed by atoms with Gasteiger partial charge >= 0.3 is 5.97 Å². The average Bonchev–Trinajstić information content (AvgIpc) is 3.58. The summed E-state index contributed by atoms with van der Waals surface area (Å²) in [5.41, 5.74) is 3.03. The van der Waals surface area contributed by atoms with Gasteiger partial charge in [-0.05, 0) is 74.2 Å². The summed E-state index contributed by atoms with van der Waals surface area (Å²) in [5, 5.41) is 11.0. The maximum absolute atomic E-state index is 13.8. The Morgan fingerprint density at radius 3 is 2.76 bits per heavy atom. The lowest BCUT2D eigenvalue weighted by Gasteiger charge is -2.60. The van der Waals surface area contributed by atoms with Crippen molar-refractivity contribution in [1.82, 2.24) is 9.80 Å². The van der Waals surface area contributed by atoms with Gasteiger partial charge in [0.25, 0.3) is 5.91 Å². The summed E-state index contributed by atoms with van der Waals surface area (Å²) < 4.78 is 12.3. The molecule has 7 rings (SSSR count). The second-order valence-electron chi connectivity index (χ2n) is 13.4. The summed E-state index contributed by atoms with van der Waals surface area (Å²) in [6.07, 6.45) is 4.45. The number of piperidine rings is 1. The van der Waals surface area contributed by atoms with Crippen LogP contribution in [0.15, 0.2) is 42.5 Å². The van der Waals surface area contributed by atoms with E-state index in [1.54, 1.807) is 6.07 Å². The van der Waals surface area contributed by atoms with Crippen molar-refractivity contribution in [3.63, 3.8) is 0 Å². The van der Waals surface area contributed by atoms with Crippen molar-refractivity contribution >= 4 is 11.9 Å². The molecule has 7 nitrogen and oxygen atoms in total. The van der Waals surface area contributed by atoms with E-state index in [4.69, 9.17) is 9.47 Å². The highest BCUT2D eigenvalue weighted by molar-refractivity contribution is 5.94. The lowest BCUT2D eigenvalue weighted by atomic mass is 9.51. The summed E-state index contributed by atoms with van der Waals surface area (Å²) in [4.78, 5) is 29.9. The molecule has 7 heteroatoms. The summed E-state index contributed by atoms with van der Waals surface area (Å²) in [7, 11) is 0. The fraction of sp³-hybridized carbons (Fsp3) is 0.543. The third-order valence-corrected chi connectivity index (χ3v) is 10.4. The molecule has 2 heterocycles. The average molecular weight is 569 g/mol. The Bertz CT molecular complexity index is 1460. The van der Waals surface area contributed by atoms with Crippen LogP contribution in [0.5, 0.6) is 11.5 Å². The second-order valence-corrected chi connectivity index (χ2v) is 13.4. The molecule has 7 atom stereocenters. The van der Waals surface area contributed by atoms with Gasteiger partial charge in [-0.3, -0.25) is 14.5 Å². The number of carbonyl (C=O) groups is 2. The number of aromatic hydroxyl groups is 1. The van der Waals surface area contributed by atoms with Crippen molar-refractivity contribution in [2.24, 2.45) is 17.8 Å². The molecule has 2 bridgehead atoms. The van der Waals surface area contributed by atoms with Gasteiger partial charge in [-0.1, -0.05) is 44.0 Å². The van der Waals surface area contributed by atoms with Crippen LogP contribution in [-0.4, -0.2) is 70.7 Å². The number of ether oxygens (including phenoxy) is 2. The zero-order valence-corrected chi connectivity index (χ0v) is 24.7. The van der Waals surface area contributed by atoms with E-state index in [0.29, 0.717) is 30.2 Å². The first kappa shape index (κ1) is 27.3. The number of hydrogen-bond donors (Lipinski definition) is 1. The molecule has 2 aromatic carbocycles. The summed E-state index contributed by atoms with van der Waals surface area (Å²) in [5.74, 6) is 7.55. The van der Waals surface area contributed by atoms with Crippen LogP contribution < -0.4 is 4.74 Å². The van der Waals surface area contributed by atoms with Gasteiger partial charge in [-0.25, -0.2) is 0 Å². The first-order chi connectivity index (χ1) is 20.3. The molecular weight excluding hydrogens is 528 g/mol. The number of benzene rings is 2. The van der Waals surface area contributed by atoms with Crippen LogP contribution in [0.2, 0.25) is 0 Å². The van der Waals surface area contributed by atoms with E-state index in [2.05, 4.69) is 36.7 Å². The minimum Gasteiger partial charge on any atom is -0.504 e. The van der Waals surface area contributed by atoms with Gasteiger partial charge in [-0.2, -0.15) is 0 Å². The molecule has 0 radical (unpaired) electrons. The fourth-order valence-electron chi connectivity index (χ4n) is 8.70. The standard InChI is InChI=1S/C35H40N2O5/c1-21(2)19-37(31(40)14-9-23-7-5-4-6-8-23)27-12-11-26-28-17-24-10-13-29(39)33-32(24)35(26,34(27)42-33)15-16-36(28)20-25-18-30(25)41-22(3)38/h4-8,10,13,21,25-28,30,34,39H,11-12,15-20H2,1-3H3/t25?,26-,27-,28+,30?,34-,35-/m0/s1. The van der Waals surface area contributed by atoms with Crippen molar-refractivity contribution < 1.29 is 24.2 Å². The van der Waals surface area contributed by atoms with Crippen LogP contribution >= 0.6 is 0 Å². The van der Waals surface area contributed by atoms with Crippen molar-refractivity contribution in [2.75, 3.05) is 19.6 Å². The first-order valence-electron chi connectivity index (χ1n) is 15.6. The van der Waals surface area contributed by atoms with Crippen LogP contribution in [-0.2, 0) is 26.2 Å². The lowest BCUT2D eigenvalue weighted by molar-refractivity contribution is -0.142. The maximum atomic E-state index is 13.8. The highest BCUT2D eigenvalue weighted by atomic mass is 16.5. The molecule has 1 amide bonds. The Morgan fingerprint density at radius 2 is 2.00 bits per heavy atom. The van der Waals surface area contributed by atoms with Crippen LogP contribution in [0.25, 0.3) is 0 Å². The monoisotopic (exact) mass is 568 g/mol. The Kier molecular flexibility index (Phi) is 6.73. The number of carbonyl (C=O) groups excluding carboxylic acids is 2. The predicted molar refractivity (Wildman–Crippen MR) is 158 cm³/mol. The van der Waals surface area contributed by atoms with Gasteiger partial charge in [0.05, 0.1) is 6.04 Å². The van der Waals surface area contributed by atoms with E-state index in [-0.39, 0.29) is 47.2 Å². The summed E-state index contributed by atoms with van der Waals surface area (Å²) in [6, 6.07) is 13.7. The van der Waals surface area contributed by atoms with Crippen LogP contribution in [0, 0.1) is 29.6 Å². The smallest absolute Gasteiger partial charge is 0.302 e. The Balaban J connectivity index is 1.22. The van der Waals surface area contributed by atoms with Crippen LogP contribution in [0.1, 0.15) is 63.1 Å². The number of amides is 1. The van der Waals surface area contributed by atoms with E-state index >= 15 is 0 Å². The summed E-state index contributed by atoms with van der Waals surface area (Å²) >= 11 is 0.